The van der Waals surface area contributed by atoms with Crippen LogP contribution in [0.4, 0.5) is 0 Å². The molecule has 0 saturated heterocycles. The molecule has 0 spiro atoms. The first-order chi connectivity index (χ1) is 8.17. The van der Waals surface area contributed by atoms with E-state index >= 15 is 0 Å². The van der Waals surface area contributed by atoms with E-state index in [9.17, 15) is 9.90 Å². The third kappa shape index (κ3) is 4.49. The summed E-state index contributed by atoms with van der Waals surface area (Å²) in [6.45, 7) is 2.54. The molecule has 1 amide bonds. The average Bonchev–Trinajstić information content (AvgIpc) is 2.77. The van der Waals surface area contributed by atoms with Crippen LogP contribution in [0.5, 0.6) is 0 Å². The van der Waals surface area contributed by atoms with Crippen LogP contribution >= 0.6 is 0 Å². The highest BCUT2D eigenvalue weighted by Gasteiger charge is 2.11. The quantitative estimate of drug-likeness (QED) is 0.598. The Kier molecular flexibility index (Phi) is 5.58. The molecule has 96 valence electrons. The number of rotatable bonds is 7. The Morgan fingerprint density at radius 2 is 2.41 bits per heavy atom. The molecule has 1 aromatic rings. The Morgan fingerprint density at radius 3 is 3.00 bits per heavy atom. The summed E-state index contributed by atoms with van der Waals surface area (Å²) in [4.78, 5) is 15.5. The number of methoxy groups -OCH3 is 1. The number of aryl methyl sites for hydroxylation is 1. The number of amides is 1. The van der Waals surface area contributed by atoms with Crippen LogP contribution in [0.1, 0.15) is 29.8 Å². The smallest absolute Gasteiger partial charge is 0.290 e. The second kappa shape index (κ2) is 6.97. The van der Waals surface area contributed by atoms with E-state index in [0.29, 0.717) is 25.2 Å². The monoisotopic (exact) mass is 242 g/mol. The zero-order valence-corrected chi connectivity index (χ0v) is 10.1. The molecule has 7 heteroatoms. The Balaban J connectivity index is 2.29. The van der Waals surface area contributed by atoms with Gasteiger partial charge in [0.15, 0.2) is 0 Å². The van der Waals surface area contributed by atoms with Gasteiger partial charge in [0.1, 0.15) is 5.82 Å². The Morgan fingerprint density at radius 1 is 1.65 bits per heavy atom. The van der Waals surface area contributed by atoms with Crippen molar-refractivity contribution in [2.45, 2.75) is 25.9 Å². The van der Waals surface area contributed by atoms with Gasteiger partial charge in [-0.25, -0.2) is 4.98 Å². The normalized spacial score (nSPS) is 12.4. The van der Waals surface area contributed by atoms with E-state index in [1.54, 1.807) is 0 Å². The zero-order chi connectivity index (χ0) is 12.7. The average molecular weight is 242 g/mol. The summed E-state index contributed by atoms with van der Waals surface area (Å²) in [5, 5.41) is 18.4. The van der Waals surface area contributed by atoms with Crippen LogP contribution in [0.15, 0.2) is 0 Å². The van der Waals surface area contributed by atoms with E-state index < -0.39 is 6.10 Å². The first kappa shape index (κ1) is 13.6. The fraction of sp³-hybridized carbons (Fsp3) is 0.700. The van der Waals surface area contributed by atoms with Gasteiger partial charge in [-0.3, -0.25) is 9.89 Å². The van der Waals surface area contributed by atoms with Crippen molar-refractivity contribution >= 4 is 5.91 Å². The second-order valence-electron chi connectivity index (χ2n) is 3.61. The molecule has 0 saturated carbocycles. The number of H-pyrrole nitrogens is 1. The van der Waals surface area contributed by atoms with Crippen LogP contribution < -0.4 is 5.32 Å². The van der Waals surface area contributed by atoms with Crippen molar-refractivity contribution in [1.82, 2.24) is 20.5 Å². The molecular weight excluding hydrogens is 224 g/mol. The number of aromatic amines is 1. The lowest BCUT2D eigenvalue weighted by molar-refractivity contribution is 0.0587. The molecule has 17 heavy (non-hydrogen) atoms. The first-order valence-electron chi connectivity index (χ1n) is 5.53. The number of aliphatic hydroxyl groups excluding tert-OH is 1. The van der Waals surface area contributed by atoms with Gasteiger partial charge < -0.3 is 15.2 Å². The van der Waals surface area contributed by atoms with Crippen LogP contribution in [0, 0.1) is 0 Å². The fourth-order valence-electron chi connectivity index (χ4n) is 1.26. The zero-order valence-electron chi connectivity index (χ0n) is 10.1. The Bertz CT molecular complexity index is 353. The topological polar surface area (TPSA) is 100 Å². The van der Waals surface area contributed by atoms with Gasteiger partial charge >= 0.3 is 0 Å². The molecule has 7 nitrogen and oxygen atoms in total. The lowest BCUT2D eigenvalue weighted by Gasteiger charge is -2.08. The van der Waals surface area contributed by atoms with Crippen molar-refractivity contribution in [3.8, 4) is 0 Å². The van der Waals surface area contributed by atoms with Gasteiger partial charge in [0.25, 0.3) is 5.91 Å². The van der Waals surface area contributed by atoms with Crippen molar-refractivity contribution in [2.24, 2.45) is 0 Å². The molecule has 1 unspecified atom stereocenters. The Hall–Kier alpha value is -1.47. The van der Waals surface area contributed by atoms with E-state index in [1.807, 2.05) is 6.92 Å². The number of hydrogen-bond donors (Lipinski definition) is 3. The van der Waals surface area contributed by atoms with Crippen LogP contribution in [-0.4, -0.2) is 52.6 Å². The van der Waals surface area contributed by atoms with Crippen LogP contribution in [0.25, 0.3) is 0 Å². The highest BCUT2D eigenvalue weighted by atomic mass is 16.5. The summed E-state index contributed by atoms with van der Waals surface area (Å²) in [7, 11) is 1.52. The van der Waals surface area contributed by atoms with Gasteiger partial charge in [-0.2, -0.15) is 0 Å². The van der Waals surface area contributed by atoms with Gasteiger partial charge in [-0.15, -0.1) is 5.10 Å². The molecule has 1 rings (SSSR count). The molecule has 1 aromatic heterocycles. The lowest BCUT2D eigenvalue weighted by Crippen LogP contribution is -2.29. The summed E-state index contributed by atoms with van der Waals surface area (Å²) in [5.74, 6) is 0.461. The van der Waals surface area contributed by atoms with Crippen LogP contribution in [0.3, 0.4) is 0 Å². The molecule has 0 aliphatic rings. The third-order valence-electron chi connectivity index (χ3n) is 2.19. The van der Waals surface area contributed by atoms with Crippen LogP contribution in [-0.2, 0) is 11.2 Å². The molecule has 1 heterocycles. The van der Waals surface area contributed by atoms with E-state index in [0.717, 1.165) is 0 Å². The van der Waals surface area contributed by atoms with E-state index in [2.05, 4.69) is 20.5 Å². The number of hydrogen-bond acceptors (Lipinski definition) is 5. The highest BCUT2D eigenvalue weighted by Crippen LogP contribution is 1.94. The summed E-state index contributed by atoms with van der Waals surface area (Å²) < 4.78 is 4.77. The largest absolute Gasteiger partial charge is 0.391 e. The fourth-order valence-corrected chi connectivity index (χ4v) is 1.26. The van der Waals surface area contributed by atoms with E-state index in [4.69, 9.17) is 4.74 Å². The number of aliphatic hydroxyl groups is 1. The van der Waals surface area contributed by atoms with Crippen molar-refractivity contribution in [2.75, 3.05) is 20.3 Å². The highest BCUT2D eigenvalue weighted by molar-refractivity contribution is 5.90. The van der Waals surface area contributed by atoms with Crippen molar-refractivity contribution in [3.05, 3.63) is 11.6 Å². The molecular formula is C10H18N4O3. The maximum Gasteiger partial charge on any atom is 0.290 e. The van der Waals surface area contributed by atoms with Gasteiger partial charge in [-0.05, 0) is 6.42 Å². The minimum atomic E-state index is -0.571. The molecule has 0 aliphatic heterocycles. The molecule has 0 bridgehead atoms. The van der Waals surface area contributed by atoms with Crippen molar-refractivity contribution in [3.63, 3.8) is 0 Å². The summed E-state index contributed by atoms with van der Waals surface area (Å²) in [5.41, 5.74) is 0. The van der Waals surface area contributed by atoms with Gasteiger partial charge in [0, 0.05) is 20.1 Å². The predicted octanol–water partition coefficient (Wildman–Crippen LogP) is -0.506. The third-order valence-corrected chi connectivity index (χ3v) is 2.19. The molecule has 1 atom stereocenters. The van der Waals surface area contributed by atoms with Crippen LogP contribution in [0.2, 0.25) is 0 Å². The molecule has 0 radical (unpaired) electrons. The van der Waals surface area contributed by atoms with Gasteiger partial charge in [0.2, 0.25) is 5.82 Å². The number of aromatic nitrogens is 3. The molecule has 0 aromatic carbocycles. The minimum Gasteiger partial charge on any atom is -0.391 e. The van der Waals surface area contributed by atoms with Crippen molar-refractivity contribution in [1.29, 1.82) is 0 Å². The second-order valence-corrected chi connectivity index (χ2v) is 3.61. The molecule has 0 aliphatic carbocycles. The summed E-state index contributed by atoms with van der Waals surface area (Å²) in [6.07, 6.45) is 0.566. The number of ether oxygens (including phenoxy) is 1. The van der Waals surface area contributed by atoms with Gasteiger partial charge in [0.05, 0.1) is 12.7 Å². The lowest BCUT2D eigenvalue weighted by atomic mass is 10.2. The first-order valence-corrected chi connectivity index (χ1v) is 5.53. The number of carbonyl (C=O) groups is 1. The number of carbonyl (C=O) groups excluding carboxylic acids is 1. The molecule has 0 fully saturated rings. The van der Waals surface area contributed by atoms with Gasteiger partial charge in [-0.1, -0.05) is 6.92 Å². The predicted molar refractivity (Wildman–Crippen MR) is 60.6 cm³/mol. The standard InChI is InChI=1S/C10H18N4O3/c1-3-8-12-9(14-13-8)10(16)11-5-4-7(15)6-17-2/h7,15H,3-6H2,1-2H3,(H,11,16)(H,12,13,14). The Labute approximate surface area is 99.6 Å². The summed E-state index contributed by atoms with van der Waals surface area (Å²) in [6, 6.07) is 0. The SMILES string of the molecule is CCc1nc(C(=O)NCCC(O)COC)n[nH]1. The summed E-state index contributed by atoms with van der Waals surface area (Å²) >= 11 is 0. The maximum absolute atomic E-state index is 11.5. The van der Waals surface area contributed by atoms with E-state index in [1.165, 1.54) is 7.11 Å². The van der Waals surface area contributed by atoms with Crippen molar-refractivity contribution < 1.29 is 14.6 Å². The molecule has 3 N–H and O–H groups in total. The number of nitrogens with one attached hydrogen (secondary N) is 2. The minimum absolute atomic E-state index is 0.128. The number of nitrogens with zero attached hydrogens (tertiary/aromatic N) is 2. The maximum atomic E-state index is 11.5. The van der Waals surface area contributed by atoms with E-state index in [-0.39, 0.29) is 18.3 Å².